The molecule has 0 aliphatic carbocycles. The first-order valence-electron chi connectivity index (χ1n) is 3.14. The van der Waals surface area contributed by atoms with Crippen LogP contribution in [-0.4, -0.2) is 25.9 Å². The van der Waals surface area contributed by atoms with Gasteiger partial charge in [0.25, 0.3) is 0 Å². The van der Waals surface area contributed by atoms with Gasteiger partial charge in [0.1, 0.15) is 0 Å². The highest BCUT2D eigenvalue weighted by atomic mass is 127. The van der Waals surface area contributed by atoms with Gasteiger partial charge in [0.15, 0.2) is 0 Å². The Hall–Kier alpha value is 0.380. The molecule has 0 aromatic carbocycles. The predicted octanol–water partition coefficient (Wildman–Crippen LogP) is 1.61. The minimum absolute atomic E-state index is 0.0990. The van der Waals surface area contributed by atoms with E-state index in [9.17, 15) is 0 Å². The van der Waals surface area contributed by atoms with E-state index in [1.54, 1.807) is 10.9 Å². The molecule has 5 heteroatoms. The van der Waals surface area contributed by atoms with Crippen LogP contribution in [0.4, 0.5) is 0 Å². The molecule has 1 aromatic heterocycles. The number of halogens is 2. The number of hydrogen-bond donors (Lipinski definition) is 1. The van der Waals surface area contributed by atoms with Gasteiger partial charge >= 0.3 is 0 Å². The average molecular weight is 331 g/mol. The SMILES string of the molecule is OCC(CI)n1cc(Br)cn1. The van der Waals surface area contributed by atoms with Gasteiger partial charge in [0.05, 0.1) is 23.3 Å². The van der Waals surface area contributed by atoms with Gasteiger partial charge in [0, 0.05) is 10.6 Å². The molecule has 0 fully saturated rings. The van der Waals surface area contributed by atoms with Crippen molar-refractivity contribution in [3.05, 3.63) is 16.9 Å². The Morgan fingerprint density at radius 3 is 2.91 bits per heavy atom. The van der Waals surface area contributed by atoms with E-state index in [0.717, 1.165) is 8.90 Å². The van der Waals surface area contributed by atoms with Crippen molar-refractivity contribution in [2.24, 2.45) is 0 Å². The standard InChI is InChI=1S/C6H8BrIN2O/c7-5-2-9-10(3-5)6(1-8)4-11/h2-3,6,11H,1,4H2. The second kappa shape index (κ2) is 4.42. The molecule has 0 amide bonds. The zero-order valence-electron chi connectivity index (χ0n) is 5.74. The Bertz CT molecular complexity index is 224. The van der Waals surface area contributed by atoms with Gasteiger partial charge < -0.3 is 5.11 Å². The van der Waals surface area contributed by atoms with Gasteiger partial charge in [-0.2, -0.15) is 5.10 Å². The molecule has 62 valence electrons. The summed E-state index contributed by atoms with van der Waals surface area (Å²) in [5.74, 6) is 0. The van der Waals surface area contributed by atoms with Crippen molar-refractivity contribution in [1.82, 2.24) is 9.78 Å². The van der Waals surface area contributed by atoms with E-state index in [2.05, 4.69) is 43.6 Å². The molecule has 0 aliphatic rings. The summed E-state index contributed by atoms with van der Waals surface area (Å²) in [5.41, 5.74) is 0. The third-order valence-electron chi connectivity index (χ3n) is 1.33. The molecule has 1 N–H and O–H groups in total. The first-order valence-corrected chi connectivity index (χ1v) is 5.46. The molecule has 1 rings (SSSR count). The number of nitrogens with zero attached hydrogens (tertiary/aromatic N) is 2. The normalized spacial score (nSPS) is 13.4. The number of alkyl halides is 1. The van der Waals surface area contributed by atoms with Gasteiger partial charge in [-0.15, -0.1) is 0 Å². The van der Waals surface area contributed by atoms with E-state index in [1.807, 2.05) is 6.20 Å². The van der Waals surface area contributed by atoms with Gasteiger partial charge in [0.2, 0.25) is 0 Å². The Kier molecular flexibility index (Phi) is 3.80. The summed E-state index contributed by atoms with van der Waals surface area (Å²) in [4.78, 5) is 0. The monoisotopic (exact) mass is 330 g/mol. The lowest BCUT2D eigenvalue weighted by atomic mass is 10.4. The summed E-state index contributed by atoms with van der Waals surface area (Å²) in [5, 5.41) is 13.0. The summed E-state index contributed by atoms with van der Waals surface area (Å²) in [6, 6.07) is 0.0990. The van der Waals surface area contributed by atoms with Crippen molar-refractivity contribution in [3.63, 3.8) is 0 Å². The van der Waals surface area contributed by atoms with Crippen LogP contribution in [0.25, 0.3) is 0 Å². The van der Waals surface area contributed by atoms with Crippen molar-refractivity contribution in [1.29, 1.82) is 0 Å². The third-order valence-corrected chi connectivity index (χ3v) is 2.76. The highest BCUT2D eigenvalue weighted by molar-refractivity contribution is 14.1. The van der Waals surface area contributed by atoms with Crippen LogP contribution >= 0.6 is 38.5 Å². The molecule has 0 aliphatic heterocycles. The molecule has 0 saturated carbocycles. The predicted molar refractivity (Wildman–Crippen MR) is 54.9 cm³/mol. The van der Waals surface area contributed by atoms with E-state index < -0.39 is 0 Å². The molecule has 1 heterocycles. The van der Waals surface area contributed by atoms with E-state index in [4.69, 9.17) is 5.11 Å². The second-order valence-electron chi connectivity index (χ2n) is 2.13. The maximum atomic E-state index is 8.91. The van der Waals surface area contributed by atoms with Gasteiger partial charge in [-0.3, -0.25) is 4.68 Å². The fourth-order valence-electron chi connectivity index (χ4n) is 0.718. The van der Waals surface area contributed by atoms with Crippen molar-refractivity contribution >= 4 is 38.5 Å². The van der Waals surface area contributed by atoms with Crippen LogP contribution in [0.1, 0.15) is 6.04 Å². The van der Waals surface area contributed by atoms with E-state index >= 15 is 0 Å². The number of hydrogen-bond acceptors (Lipinski definition) is 2. The van der Waals surface area contributed by atoms with Gasteiger partial charge in [-0.25, -0.2) is 0 Å². The number of rotatable bonds is 3. The lowest BCUT2D eigenvalue weighted by Crippen LogP contribution is -2.14. The Balaban J connectivity index is 2.73. The highest BCUT2D eigenvalue weighted by Crippen LogP contribution is 2.13. The molecule has 0 saturated heterocycles. The van der Waals surface area contributed by atoms with Gasteiger partial charge in [-0.1, -0.05) is 22.6 Å². The smallest absolute Gasteiger partial charge is 0.0839 e. The first kappa shape index (κ1) is 9.47. The summed E-state index contributed by atoms with van der Waals surface area (Å²) in [6.45, 7) is 0.136. The van der Waals surface area contributed by atoms with Crippen LogP contribution in [0.2, 0.25) is 0 Å². The Morgan fingerprint density at radius 2 is 2.55 bits per heavy atom. The van der Waals surface area contributed by atoms with Crippen molar-refractivity contribution in [2.45, 2.75) is 6.04 Å². The molecule has 1 unspecified atom stereocenters. The van der Waals surface area contributed by atoms with Crippen LogP contribution in [0.15, 0.2) is 16.9 Å². The highest BCUT2D eigenvalue weighted by Gasteiger charge is 2.07. The molecule has 0 spiro atoms. The Morgan fingerprint density at radius 1 is 1.82 bits per heavy atom. The largest absolute Gasteiger partial charge is 0.394 e. The van der Waals surface area contributed by atoms with E-state index in [0.29, 0.717) is 0 Å². The van der Waals surface area contributed by atoms with Crippen molar-refractivity contribution < 1.29 is 5.11 Å². The quantitative estimate of drug-likeness (QED) is 0.675. The van der Waals surface area contributed by atoms with Crippen LogP contribution < -0.4 is 0 Å². The number of aliphatic hydroxyl groups is 1. The average Bonchev–Trinajstić information content (AvgIpc) is 2.39. The van der Waals surface area contributed by atoms with Crippen LogP contribution in [0.5, 0.6) is 0 Å². The zero-order chi connectivity index (χ0) is 8.27. The minimum atomic E-state index is 0.0990. The summed E-state index contributed by atoms with van der Waals surface area (Å²) in [7, 11) is 0. The topological polar surface area (TPSA) is 38.0 Å². The Labute approximate surface area is 87.1 Å². The second-order valence-corrected chi connectivity index (χ2v) is 3.93. The molecule has 1 atom stereocenters. The fourth-order valence-corrected chi connectivity index (χ4v) is 1.70. The molecule has 3 nitrogen and oxygen atoms in total. The molecular weight excluding hydrogens is 323 g/mol. The van der Waals surface area contributed by atoms with Crippen LogP contribution in [0.3, 0.4) is 0 Å². The van der Waals surface area contributed by atoms with Crippen LogP contribution in [0, 0.1) is 0 Å². The lowest BCUT2D eigenvalue weighted by Gasteiger charge is -2.09. The number of aliphatic hydroxyl groups excluding tert-OH is 1. The van der Waals surface area contributed by atoms with Crippen molar-refractivity contribution in [2.75, 3.05) is 11.0 Å². The maximum absolute atomic E-state index is 8.91. The molecule has 11 heavy (non-hydrogen) atoms. The molecular formula is C6H8BrIN2O. The zero-order valence-corrected chi connectivity index (χ0v) is 9.49. The summed E-state index contributed by atoms with van der Waals surface area (Å²) in [6.07, 6.45) is 3.58. The minimum Gasteiger partial charge on any atom is -0.394 e. The molecule has 0 radical (unpaired) electrons. The third kappa shape index (κ3) is 2.41. The van der Waals surface area contributed by atoms with Crippen LogP contribution in [-0.2, 0) is 0 Å². The van der Waals surface area contributed by atoms with E-state index in [1.165, 1.54) is 0 Å². The molecule has 1 aromatic rings. The van der Waals surface area contributed by atoms with Crippen molar-refractivity contribution in [3.8, 4) is 0 Å². The molecule has 0 bridgehead atoms. The van der Waals surface area contributed by atoms with Gasteiger partial charge in [-0.05, 0) is 15.9 Å². The van der Waals surface area contributed by atoms with E-state index in [-0.39, 0.29) is 12.6 Å². The summed E-state index contributed by atoms with van der Waals surface area (Å²) >= 11 is 5.52. The lowest BCUT2D eigenvalue weighted by molar-refractivity contribution is 0.234. The number of aromatic nitrogens is 2. The summed E-state index contributed by atoms with van der Waals surface area (Å²) < 4.78 is 3.57. The first-order chi connectivity index (χ1) is 5.27. The maximum Gasteiger partial charge on any atom is 0.0839 e. The fraction of sp³-hybridized carbons (Fsp3) is 0.500.